The average Bonchev–Trinajstić information content (AvgIpc) is 3.47. The van der Waals surface area contributed by atoms with E-state index in [1.807, 2.05) is 0 Å². The van der Waals surface area contributed by atoms with Crippen molar-refractivity contribution in [3.05, 3.63) is 12.2 Å². The van der Waals surface area contributed by atoms with Crippen molar-refractivity contribution in [3.8, 4) is 12.3 Å². The highest BCUT2D eigenvalue weighted by Gasteiger charge is 2.58. The number of hydrogen-bond acceptors (Lipinski definition) is 5. The molecular formula is C24H33N3O5. The summed E-state index contributed by atoms with van der Waals surface area (Å²) in [5.74, 6) is 2.28. The van der Waals surface area contributed by atoms with E-state index in [9.17, 15) is 19.2 Å². The van der Waals surface area contributed by atoms with Crippen molar-refractivity contribution in [3.63, 3.8) is 0 Å². The van der Waals surface area contributed by atoms with Crippen molar-refractivity contribution < 1.29 is 24.3 Å². The lowest BCUT2D eigenvalue weighted by molar-refractivity contribution is -0.140. The first-order chi connectivity index (χ1) is 15.5. The molecule has 8 nitrogen and oxygen atoms in total. The summed E-state index contributed by atoms with van der Waals surface area (Å²) in [6.45, 7) is 1.23. The molecular weight excluding hydrogens is 410 g/mol. The number of nitrogens with zero attached hydrogens (tertiary/aromatic N) is 2. The fraction of sp³-hybridized carbons (Fsp3) is 0.667. The Morgan fingerprint density at radius 3 is 2.38 bits per heavy atom. The molecule has 0 radical (unpaired) electrons. The molecule has 0 aromatic heterocycles. The van der Waals surface area contributed by atoms with Crippen molar-refractivity contribution in [2.75, 3.05) is 32.8 Å². The van der Waals surface area contributed by atoms with Crippen LogP contribution in [-0.4, -0.2) is 71.3 Å². The van der Waals surface area contributed by atoms with Gasteiger partial charge in [-0.3, -0.25) is 24.1 Å². The molecule has 2 aliphatic carbocycles. The quantitative estimate of drug-likeness (QED) is 0.189. The van der Waals surface area contributed by atoms with Crippen molar-refractivity contribution in [1.82, 2.24) is 15.1 Å². The van der Waals surface area contributed by atoms with Crippen molar-refractivity contribution >= 4 is 23.6 Å². The van der Waals surface area contributed by atoms with E-state index in [4.69, 9.17) is 11.5 Å². The second-order valence-corrected chi connectivity index (χ2v) is 8.84. The lowest BCUT2D eigenvalue weighted by atomic mass is 9.85. The van der Waals surface area contributed by atoms with Crippen LogP contribution in [0.3, 0.4) is 0 Å². The number of unbranched alkanes of at least 4 members (excludes halogenated alkanes) is 3. The van der Waals surface area contributed by atoms with Gasteiger partial charge in [0.2, 0.25) is 23.6 Å². The first-order valence-electron chi connectivity index (χ1n) is 11.6. The molecule has 4 atom stereocenters. The van der Waals surface area contributed by atoms with Gasteiger partial charge in [-0.15, -0.1) is 6.42 Å². The van der Waals surface area contributed by atoms with E-state index < -0.39 is 0 Å². The Hall–Kier alpha value is -2.66. The van der Waals surface area contributed by atoms with Gasteiger partial charge >= 0.3 is 0 Å². The van der Waals surface area contributed by atoms with E-state index in [1.54, 1.807) is 4.90 Å². The zero-order chi connectivity index (χ0) is 23.1. The molecule has 2 fully saturated rings. The van der Waals surface area contributed by atoms with E-state index in [1.165, 1.54) is 4.90 Å². The maximum absolute atomic E-state index is 12.7. The standard InChI is InChI=1S/C24H33N3O5/c1-2-12-26(20(30)10-9-19(29)25-11-15-28)13-5-3-4-6-14-27-23(31)21-17-7-8-18(16-17)22(21)24(27)32/h1,7-8,17-18,21-22,28H,3-6,9-16H2,(H,25,29)/t17-,18+,21+,22-. The number of terminal acetylenes is 1. The van der Waals surface area contributed by atoms with Gasteiger partial charge in [0.15, 0.2) is 0 Å². The third-order valence-corrected chi connectivity index (χ3v) is 6.76. The molecule has 0 unspecified atom stereocenters. The van der Waals surface area contributed by atoms with Crippen LogP contribution in [0.5, 0.6) is 0 Å². The number of carbonyl (C=O) groups is 4. The van der Waals surface area contributed by atoms with Crippen LogP contribution in [0, 0.1) is 36.0 Å². The van der Waals surface area contributed by atoms with Crippen LogP contribution in [0.25, 0.3) is 0 Å². The Morgan fingerprint density at radius 2 is 1.75 bits per heavy atom. The van der Waals surface area contributed by atoms with E-state index in [2.05, 4.69) is 23.4 Å². The Morgan fingerprint density at radius 1 is 1.09 bits per heavy atom. The van der Waals surface area contributed by atoms with E-state index in [-0.39, 0.29) is 79.8 Å². The summed E-state index contributed by atoms with van der Waals surface area (Å²) in [5, 5.41) is 11.2. The number of aliphatic hydroxyl groups is 1. The smallest absolute Gasteiger partial charge is 0.233 e. The molecule has 1 saturated carbocycles. The lowest BCUT2D eigenvalue weighted by Gasteiger charge is -2.20. The van der Waals surface area contributed by atoms with Crippen LogP contribution >= 0.6 is 0 Å². The zero-order valence-corrected chi connectivity index (χ0v) is 18.5. The SMILES string of the molecule is C#CCN(CCCCCCN1C(=O)[C@@H]2[C@H](C1=O)[C@H]1C=C[C@@H]2C1)C(=O)CCC(=O)NCCO. The molecule has 1 heterocycles. The van der Waals surface area contributed by atoms with E-state index >= 15 is 0 Å². The molecule has 32 heavy (non-hydrogen) atoms. The Balaban J connectivity index is 1.32. The predicted molar refractivity (Wildman–Crippen MR) is 118 cm³/mol. The Bertz CT molecular complexity index is 772. The van der Waals surface area contributed by atoms with Gasteiger partial charge in [-0.1, -0.05) is 30.9 Å². The molecule has 174 valence electrons. The van der Waals surface area contributed by atoms with Crippen molar-refractivity contribution in [1.29, 1.82) is 0 Å². The maximum Gasteiger partial charge on any atom is 0.233 e. The van der Waals surface area contributed by atoms with Crippen LogP contribution in [0.1, 0.15) is 44.9 Å². The van der Waals surface area contributed by atoms with Gasteiger partial charge in [0.25, 0.3) is 0 Å². The van der Waals surface area contributed by atoms with Crippen LogP contribution in [0.2, 0.25) is 0 Å². The minimum atomic E-state index is -0.271. The monoisotopic (exact) mass is 443 g/mol. The normalized spacial score (nSPS) is 25.2. The van der Waals surface area contributed by atoms with Gasteiger partial charge in [-0.25, -0.2) is 0 Å². The number of hydrogen-bond donors (Lipinski definition) is 2. The number of aliphatic hydroxyl groups excluding tert-OH is 1. The molecule has 0 spiro atoms. The van der Waals surface area contributed by atoms with Crippen LogP contribution in [0.15, 0.2) is 12.2 Å². The van der Waals surface area contributed by atoms with Crippen LogP contribution < -0.4 is 5.32 Å². The second-order valence-electron chi connectivity index (χ2n) is 8.84. The zero-order valence-electron chi connectivity index (χ0n) is 18.5. The summed E-state index contributed by atoms with van der Waals surface area (Å²) in [6, 6.07) is 0. The molecule has 3 rings (SSSR count). The molecule has 4 amide bonds. The van der Waals surface area contributed by atoms with Gasteiger partial charge in [-0.05, 0) is 31.1 Å². The fourth-order valence-electron chi connectivity index (χ4n) is 5.18. The summed E-state index contributed by atoms with van der Waals surface area (Å²) < 4.78 is 0. The van der Waals surface area contributed by atoms with Gasteiger partial charge in [0.1, 0.15) is 0 Å². The van der Waals surface area contributed by atoms with Gasteiger partial charge in [-0.2, -0.15) is 0 Å². The molecule has 0 aromatic carbocycles. The lowest BCUT2D eigenvalue weighted by Crippen LogP contribution is -2.34. The van der Waals surface area contributed by atoms with Crippen molar-refractivity contribution in [2.24, 2.45) is 23.7 Å². The first-order valence-corrected chi connectivity index (χ1v) is 11.6. The highest BCUT2D eigenvalue weighted by Crippen LogP contribution is 2.52. The second kappa shape index (κ2) is 11.3. The minimum absolute atomic E-state index is 0.00525. The molecule has 3 aliphatic rings. The molecule has 2 N–H and O–H groups in total. The summed E-state index contributed by atoms with van der Waals surface area (Å²) in [6.07, 6.45) is 13.9. The highest BCUT2D eigenvalue weighted by molar-refractivity contribution is 6.06. The number of allylic oxidation sites excluding steroid dienone is 2. The highest BCUT2D eigenvalue weighted by atomic mass is 16.3. The minimum Gasteiger partial charge on any atom is -0.395 e. The summed E-state index contributed by atoms with van der Waals surface area (Å²) in [7, 11) is 0. The average molecular weight is 444 g/mol. The molecule has 8 heteroatoms. The third kappa shape index (κ3) is 5.39. The molecule has 1 aliphatic heterocycles. The first kappa shape index (κ1) is 24.0. The number of nitrogens with one attached hydrogen (secondary N) is 1. The summed E-state index contributed by atoms with van der Waals surface area (Å²) in [5.41, 5.74) is 0. The molecule has 0 aromatic rings. The van der Waals surface area contributed by atoms with Crippen LogP contribution in [-0.2, 0) is 19.2 Å². The number of rotatable bonds is 13. The van der Waals surface area contributed by atoms with Gasteiger partial charge in [0.05, 0.1) is 25.0 Å². The Kier molecular flexibility index (Phi) is 8.46. The molecule has 1 saturated heterocycles. The van der Waals surface area contributed by atoms with Crippen LogP contribution in [0.4, 0.5) is 0 Å². The number of fused-ring (bicyclic) bond motifs is 5. The van der Waals surface area contributed by atoms with Crippen molar-refractivity contribution in [2.45, 2.75) is 44.9 Å². The van der Waals surface area contributed by atoms with E-state index in [0.717, 1.165) is 32.1 Å². The Labute approximate surface area is 189 Å². The largest absolute Gasteiger partial charge is 0.395 e. The summed E-state index contributed by atoms with van der Waals surface area (Å²) >= 11 is 0. The predicted octanol–water partition coefficient (Wildman–Crippen LogP) is 0.704. The fourth-order valence-corrected chi connectivity index (χ4v) is 5.18. The third-order valence-electron chi connectivity index (χ3n) is 6.76. The maximum atomic E-state index is 12.7. The number of imide groups is 1. The number of likely N-dealkylation sites (tertiary alicyclic amines) is 1. The molecule has 2 bridgehead atoms. The topological polar surface area (TPSA) is 107 Å². The van der Waals surface area contributed by atoms with E-state index in [0.29, 0.717) is 13.1 Å². The van der Waals surface area contributed by atoms with Gasteiger partial charge < -0.3 is 15.3 Å². The number of amides is 4. The summed E-state index contributed by atoms with van der Waals surface area (Å²) in [4.78, 5) is 52.3. The van der Waals surface area contributed by atoms with Gasteiger partial charge in [0, 0.05) is 32.5 Å². The number of carbonyl (C=O) groups excluding carboxylic acids is 4.